The van der Waals surface area contributed by atoms with E-state index in [1.54, 1.807) is 18.2 Å². The van der Waals surface area contributed by atoms with E-state index < -0.39 is 10.0 Å². The molecule has 1 N–H and O–H groups in total. The molecule has 0 amide bonds. The van der Waals surface area contributed by atoms with Gasteiger partial charge in [0.25, 0.3) is 0 Å². The Labute approximate surface area is 104 Å². The molecule has 0 aromatic heterocycles. The van der Waals surface area contributed by atoms with Gasteiger partial charge in [-0.2, -0.15) is 0 Å². The topological polar surface area (TPSA) is 46.2 Å². The van der Waals surface area contributed by atoms with Gasteiger partial charge in [-0.25, -0.2) is 13.1 Å². The summed E-state index contributed by atoms with van der Waals surface area (Å²) in [6.07, 6.45) is 4.36. The molecule has 4 heteroatoms. The van der Waals surface area contributed by atoms with Gasteiger partial charge >= 0.3 is 0 Å². The van der Waals surface area contributed by atoms with E-state index in [1.165, 1.54) is 0 Å². The Hall–Kier alpha value is -1.13. The number of nitrogens with one attached hydrogen (secondary N) is 1. The Morgan fingerprint density at radius 1 is 1.29 bits per heavy atom. The van der Waals surface area contributed by atoms with Crippen molar-refractivity contribution in [1.82, 2.24) is 4.72 Å². The van der Waals surface area contributed by atoms with Gasteiger partial charge in [-0.05, 0) is 30.5 Å². The Balaban J connectivity index is 2.74. The van der Waals surface area contributed by atoms with Crippen molar-refractivity contribution in [1.29, 1.82) is 0 Å². The fourth-order valence-corrected chi connectivity index (χ4v) is 2.55. The van der Waals surface area contributed by atoms with Crippen molar-refractivity contribution in [3.05, 3.63) is 42.5 Å². The Morgan fingerprint density at radius 3 is 2.47 bits per heavy atom. The average Bonchev–Trinajstić information content (AvgIpc) is 2.30. The van der Waals surface area contributed by atoms with E-state index >= 15 is 0 Å². The largest absolute Gasteiger partial charge is 0.240 e. The molecule has 0 aliphatic rings. The fourth-order valence-electron chi connectivity index (χ4n) is 1.50. The maximum absolute atomic E-state index is 11.8. The molecule has 0 heterocycles. The highest BCUT2D eigenvalue weighted by atomic mass is 32.2. The van der Waals surface area contributed by atoms with Gasteiger partial charge in [-0.1, -0.05) is 31.6 Å². The summed E-state index contributed by atoms with van der Waals surface area (Å²) in [4.78, 5) is 0.321. The van der Waals surface area contributed by atoms with E-state index in [0.717, 1.165) is 18.4 Å². The summed E-state index contributed by atoms with van der Waals surface area (Å²) in [6.45, 7) is 6.04. The predicted octanol–water partition coefficient (Wildman–Crippen LogP) is 2.49. The van der Waals surface area contributed by atoms with Crippen molar-refractivity contribution in [2.45, 2.75) is 31.1 Å². The molecular weight excluding hydrogens is 234 g/mol. The van der Waals surface area contributed by atoms with Crippen LogP contribution in [0.1, 0.15) is 25.3 Å². The van der Waals surface area contributed by atoms with E-state index in [1.807, 2.05) is 12.1 Å². The number of hydrogen-bond donors (Lipinski definition) is 1. The fraction of sp³-hybridized carbons (Fsp3) is 0.385. The Bertz CT molecular complexity index is 449. The van der Waals surface area contributed by atoms with Gasteiger partial charge in [-0.3, -0.25) is 0 Å². The number of hydrogen-bond acceptors (Lipinski definition) is 2. The van der Waals surface area contributed by atoms with E-state index in [0.29, 0.717) is 17.9 Å². The highest BCUT2D eigenvalue weighted by Crippen LogP contribution is 2.11. The van der Waals surface area contributed by atoms with Crippen LogP contribution in [0.3, 0.4) is 0 Å². The monoisotopic (exact) mass is 253 g/mol. The molecule has 1 aromatic carbocycles. The van der Waals surface area contributed by atoms with Gasteiger partial charge in [0.15, 0.2) is 0 Å². The zero-order valence-corrected chi connectivity index (χ0v) is 11.0. The smallest absolute Gasteiger partial charge is 0.211 e. The highest BCUT2D eigenvalue weighted by molar-refractivity contribution is 7.89. The van der Waals surface area contributed by atoms with E-state index in [4.69, 9.17) is 0 Å². The van der Waals surface area contributed by atoms with Crippen LogP contribution in [0.4, 0.5) is 0 Å². The molecule has 1 rings (SSSR count). The molecule has 0 saturated carbocycles. The first-order chi connectivity index (χ1) is 8.10. The molecule has 0 atom stereocenters. The number of benzene rings is 1. The van der Waals surface area contributed by atoms with Crippen LogP contribution in [0.15, 0.2) is 41.8 Å². The van der Waals surface area contributed by atoms with Crippen LogP contribution in [0.25, 0.3) is 0 Å². The third-order valence-corrected chi connectivity index (χ3v) is 3.89. The van der Waals surface area contributed by atoms with Crippen LogP contribution >= 0.6 is 0 Å². The van der Waals surface area contributed by atoms with Gasteiger partial charge in [-0.15, -0.1) is 6.58 Å². The molecule has 0 bridgehead atoms. The van der Waals surface area contributed by atoms with Crippen molar-refractivity contribution in [2.75, 3.05) is 6.54 Å². The van der Waals surface area contributed by atoms with Gasteiger partial charge < -0.3 is 0 Å². The normalized spacial score (nSPS) is 11.4. The Morgan fingerprint density at radius 2 is 1.94 bits per heavy atom. The van der Waals surface area contributed by atoms with Crippen molar-refractivity contribution in [3.63, 3.8) is 0 Å². The second-order valence-corrected chi connectivity index (χ2v) is 5.64. The lowest BCUT2D eigenvalue weighted by molar-refractivity contribution is 0.582. The third-order valence-electron chi connectivity index (χ3n) is 2.41. The lowest BCUT2D eigenvalue weighted by atomic mass is 10.1. The number of rotatable bonds is 7. The number of aryl methyl sites for hydroxylation is 1. The number of sulfonamides is 1. The molecule has 0 spiro atoms. The minimum Gasteiger partial charge on any atom is -0.211 e. The zero-order valence-electron chi connectivity index (χ0n) is 10.1. The van der Waals surface area contributed by atoms with E-state index in [-0.39, 0.29) is 0 Å². The molecule has 0 radical (unpaired) electrons. The van der Waals surface area contributed by atoms with Gasteiger partial charge in [0.05, 0.1) is 4.90 Å². The molecule has 0 aliphatic carbocycles. The predicted molar refractivity (Wildman–Crippen MR) is 70.4 cm³/mol. The quantitative estimate of drug-likeness (QED) is 0.599. The summed E-state index contributed by atoms with van der Waals surface area (Å²) in [7, 11) is -3.36. The third kappa shape index (κ3) is 4.32. The first-order valence-corrected chi connectivity index (χ1v) is 7.28. The average molecular weight is 253 g/mol. The van der Waals surface area contributed by atoms with Crippen LogP contribution in [-0.2, 0) is 16.4 Å². The molecule has 94 valence electrons. The van der Waals surface area contributed by atoms with E-state index in [2.05, 4.69) is 18.2 Å². The summed E-state index contributed by atoms with van der Waals surface area (Å²) in [5.41, 5.74) is 1.16. The minimum atomic E-state index is -3.36. The van der Waals surface area contributed by atoms with Gasteiger partial charge in [0, 0.05) is 6.54 Å². The van der Waals surface area contributed by atoms with Crippen LogP contribution in [-0.4, -0.2) is 15.0 Å². The first-order valence-electron chi connectivity index (χ1n) is 5.79. The summed E-state index contributed by atoms with van der Waals surface area (Å²) in [5, 5.41) is 0. The zero-order chi connectivity index (χ0) is 12.7. The van der Waals surface area contributed by atoms with Crippen molar-refractivity contribution in [2.24, 2.45) is 0 Å². The van der Waals surface area contributed by atoms with Crippen molar-refractivity contribution >= 4 is 10.0 Å². The minimum absolute atomic E-state index is 0.321. The van der Waals surface area contributed by atoms with Gasteiger partial charge in [0.2, 0.25) is 10.0 Å². The van der Waals surface area contributed by atoms with Crippen LogP contribution < -0.4 is 4.72 Å². The lowest BCUT2D eigenvalue weighted by Gasteiger charge is -2.06. The lowest BCUT2D eigenvalue weighted by Crippen LogP contribution is -2.24. The second kappa shape index (κ2) is 6.57. The summed E-state index contributed by atoms with van der Waals surface area (Å²) >= 11 is 0. The summed E-state index contributed by atoms with van der Waals surface area (Å²) in [5.74, 6) is 0. The van der Waals surface area contributed by atoms with Crippen molar-refractivity contribution in [3.8, 4) is 0 Å². The standard InChI is InChI=1S/C13H19NO2S/c1-3-5-11-14-17(15,16)13-9-7-12(6-4-2)8-10-13/h3,7-10,14H,1,4-6,11H2,2H3. The highest BCUT2D eigenvalue weighted by Gasteiger charge is 2.12. The summed E-state index contributed by atoms with van der Waals surface area (Å²) in [6, 6.07) is 7.04. The molecule has 1 aromatic rings. The van der Waals surface area contributed by atoms with Crippen molar-refractivity contribution < 1.29 is 8.42 Å². The van der Waals surface area contributed by atoms with E-state index in [9.17, 15) is 8.42 Å². The SMILES string of the molecule is C=CCCNS(=O)(=O)c1ccc(CCC)cc1. The second-order valence-electron chi connectivity index (χ2n) is 3.87. The maximum Gasteiger partial charge on any atom is 0.240 e. The molecular formula is C13H19NO2S. The van der Waals surface area contributed by atoms with Crippen LogP contribution in [0, 0.1) is 0 Å². The van der Waals surface area contributed by atoms with Crippen LogP contribution in [0.5, 0.6) is 0 Å². The summed E-state index contributed by atoms with van der Waals surface area (Å²) < 4.78 is 26.2. The first kappa shape index (κ1) is 13.9. The van der Waals surface area contributed by atoms with Crippen LogP contribution in [0.2, 0.25) is 0 Å². The molecule has 0 fully saturated rings. The molecule has 0 unspecified atom stereocenters. The molecule has 3 nitrogen and oxygen atoms in total. The molecule has 0 aliphatic heterocycles. The Kier molecular flexibility index (Phi) is 5.38. The molecule has 17 heavy (non-hydrogen) atoms. The maximum atomic E-state index is 11.8. The van der Waals surface area contributed by atoms with Gasteiger partial charge in [0.1, 0.15) is 0 Å². The molecule has 0 saturated heterocycles.